The van der Waals surface area contributed by atoms with Crippen molar-refractivity contribution in [1.29, 1.82) is 0 Å². The number of furan rings is 1. The molecule has 0 fully saturated rings. The molecule has 0 spiro atoms. The standard InChI is InChI=1S/C8H10ClNO/c1-4-2-6-5(8(4)10)3-7(9)11-6/h3-4,8H,2,10H2,1H3. The first kappa shape index (κ1) is 7.19. The minimum Gasteiger partial charge on any atom is -0.449 e. The van der Waals surface area contributed by atoms with E-state index < -0.39 is 0 Å². The summed E-state index contributed by atoms with van der Waals surface area (Å²) in [6, 6.07) is 1.94. The SMILES string of the molecule is CC1Cc2oc(Cl)cc2C1N. The highest BCUT2D eigenvalue weighted by Gasteiger charge is 2.29. The first-order valence-corrected chi connectivity index (χ1v) is 4.10. The van der Waals surface area contributed by atoms with Crippen molar-refractivity contribution in [3.63, 3.8) is 0 Å². The molecular weight excluding hydrogens is 162 g/mol. The lowest BCUT2D eigenvalue weighted by Gasteiger charge is -2.07. The van der Waals surface area contributed by atoms with Crippen LogP contribution in [-0.4, -0.2) is 0 Å². The van der Waals surface area contributed by atoms with Crippen molar-refractivity contribution in [2.75, 3.05) is 0 Å². The van der Waals surface area contributed by atoms with Crippen molar-refractivity contribution in [3.8, 4) is 0 Å². The van der Waals surface area contributed by atoms with Crippen LogP contribution in [0.15, 0.2) is 10.5 Å². The van der Waals surface area contributed by atoms with E-state index in [1.54, 1.807) is 0 Å². The van der Waals surface area contributed by atoms with Gasteiger partial charge in [0.1, 0.15) is 5.76 Å². The molecule has 1 aromatic rings. The fourth-order valence-electron chi connectivity index (χ4n) is 1.58. The molecule has 1 heterocycles. The van der Waals surface area contributed by atoms with Crippen LogP contribution in [0.3, 0.4) is 0 Å². The Balaban J connectivity index is 2.44. The van der Waals surface area contributed by atoms with E-state index in [-0.39, 0.29) is 6.04 Å². The Hall–Kier alpha value is -0.470. The number of hydrogen-bond donors (Lipinski definition) is 1. The third-order valence-electron chi connectivity index (χ3n) is 2.29. The van der Waals surface area contributed by atoms with Gasteiger partial charge >= 0.3 is 0 Å². The van der Waals surface area contributed by atoms with E-state index in [1.807, 2.05) is 6.07 Å². The summed E-state index contributed by atoms with van der Waals surface area (Å²) in [4.78, 5) is 0. The number of halogens is 1. The first-order chi connectivity index (χ1) is 5.18. The lowest BCUT2D eigenvalue weighted by molar-refractivity contribution is 0.462. The van der Waals surface area contributed by atoms with Crippen molar-refractivity contribution in [2.45, 2.75) is 19.4 Å². The molecule has 0 radical (unpaired) electrons. The van der Waals surface area contributed by atoms with Gasteiger partial charge in [-0.1, -0.05) is 6.92 Å². The zero-order chi connectivity index (χ0) is 8.01. The summed E-state index contributed by atoms with van der Waals surface area (Å²) in [6.07, 6.45) is 0.920. The van der Waals surface area contributed by atoms with E-state index in [2.05, 4.69) is 6.92 Å². The number of hydrogen-bond acceptors (Lipinski definition) is 2. The van der Waals surface area contributed by atoms with Gasteiger partial charge in [-0.05, 0) is 17.5 Å². The average molecular weight is 172 g/mol. The molecule has 2 rings (SSSR count). The van der Waals surface area contributed by atoms with Crippen molar-refractivity contribution in [3.05, 3.63) is 22.6 Å². The average Bonchev–Trinajstić information content (AvgIpc) is 2.37. The van der Waals surface area contributed by atoms with Crippen LogP contribution in [0.2, 0.25) is 5.22 Å². The lowest BCUT2D eigenvalue weighted by atomic mass is 10.0. The number of fused-ring (bicyclic) bond motifs is 1. The maximum atomic E-state index is 5.88. The Kier molecular flexibility index (Phi) is 1.48. The molecule has 1 aliphatic rings. The second-order valence-corrected chi connectivity index (χ2v) is 3.51. The van der Waals surface area contributed by atoms with Crippen LogP contribution in [-0.2, 0) is 6.42 Å². The number of rotatable bonds is 0. The molecule has 60 valence electrons. The molecule has 0 aliphatic heterocycles. The van der Waals surface area contributed by atoms with Crippen LogP contribution in [0, 0.1) is 5.92 Å². The van der Waals surface area contributed by atoms with Crippen LogP contribution in [0.1, 0.15) is 24.3 Å². The van der Waals surface area contributed by atoms with Gasteiger partial charge < -0.3 is 10.2 Å². The van der Waals surface area contributed by atoms with Crippen LogP contribution in [0.5, 0.6) is 0 Å². The van der Waals surface area contributed by atoms with E-state index in [1.165, 1.54) is 0 Å². The van der Waals surface area contributed by atoms with Gasteiger partial charge in [-0.25, -0.2) is 0 Å². The Morgan fingerprint density at radius 3 is 3.09 bits per heavy atom. The van der Waals surface area contributed by atoms with E-state index in [4.69, 9.17) is 21.8 Å². The summed E-state index contributed by atoms with van der Waals surface area (Å²) in [5.74, 6) is 1.45. The normalized spacial score (nSPS) is 29.0. The van der Waals surface area contributed by atoms with E-state index in [0.717, 1.165) is 17.7 Å². The van der Waals surface area contributed by atoms with Crippen LogP contribution >= 0.6 is 11.6 Å². The quantitative estimate of drug-likeness (QED) is 0.650. The summed E-state index contributed by atoms with van der Waals surface area (Å²) in [6.45, 7) is 2.12. The van der Waals surface area contributed by atoms with Gasteiger partial charge in [-0.2, -0.15) is 0 Å². The molecule has 11 heavy (non-hydrogen) atoms. The molecule has 0 aromatic carbocycles. The molecule has 0 saturated heterocycles. The van der Waals surface area contributed by atoms with Gasteiger partial charge in [0, 0.05) is 24.1 Å². The summed E-state index contributed by atoms with van der Waals surface area (Å²) < 4.78 is 5.25. The predicted molar refractivity (Wildman–Crippen MR) is 43.5 cm³/mol. The third-order valence-corrected chi connectivity index (χ3v) is 2.48. The zero-order valence-corrected chi connectivity index (χ0v) is 7.06. The molecule has 3 heteroatoms. The van der Waals surface area contributed by atoms with Gasteiger partial charge in [0.05, 0.1) is 0 Å². The van der Waals surface area contributed by atoms with Crippen LogP contribution in [0.25, 0.3) is 0 Å². The molecular formula is C8H10ClNO. The molecule has 0 saturated carbocycles. The Morgan fingerprint density at radius 2 is 2.45 bits per heavy atom. The second kappa shape index (κ2) is 2.26. The smallest absolute Gasteiger partial charge is 0.193 e. The molecule has 0 amide bonds. The highest BCUT2D eigenvalue weighted by atomic mass is 35.5. The summed E-state index contributed by atoms with van der Waals surface area (Å²) in [5.41, 5.74) is 6.97. The molecule has 2 atom stereocenters. The zero-order valence-electron chi connectivity index (χ0n) is 6.30. The molecule has 0 bridgehead atoms. The van der Waals surface area contributed by atoms with Crippen molar-refractivity contribution in [2.24, 2.45) is 11.7 Å². The molecule has 2 nitrogen and oxygen atoms in total. The Bertz CT molecular complexity index is 282. The monoisotopic (exact) mass is 171 g/mol. The van der Waals surface area contributed by atoms with E-state index in [0.29, 0.717) is 11.1 Å². The van der Waals surface area contributed by atoms with Gasteiger partial charge in [0.25, 0.3) is 0 Å². The molecule has 1 aliphatic carbocycles. The second-order valence-electron chi connectivity index (χ2n) is 3.14. The minimum absolute atomic E-state index is 0.112. The molecule has 2 unspecified atom stereocenters. The van der Waals surface area contributed by atoms with Gasteiger partial charge in [-0.15, -0.1) is 0 Å². The minimum atomic E-state index is 0.112. The summed E-state index contributed by atoms with van der Waals surface area (Å²) in [5, 5.41) is 0.456. The van der Waals surface area contributed by atoms with Gasteiger partial charge in [-0.3, -0.25) is 0 Å². The van der Waals surface area contributed by atoms with E-state index in [9.17, 15) is 0 Å². The lowest BCUT2D eigenvalue weighted by Crippen LogP contribution is -2.13. The number of nitrogens with two attached hydrogens (primary N) is 1. The maximum absolute atomic E-state index is 5.88. The third kappa shape index (κ3) is 0.976. The summed E-state index contributed by atoms with van der Waals surface area (Å²) in [7, 11) is 0. The van der Waals surface area contributed by atoms with Gasteiger partial charge in [0.15, 0.2) is 5.22 Å². The first-order valence-electron chi connectivity index (χ1n) is 3.72. The van der Waals surface area contributed by atoms with Crippen LogP contribution in [0.4, 0.5) is 0 Å². The molecule has 1 aromatic heterocycles. The maximum Gasteiger partial charge on any atom is 0.193 e. The topological polar surface area (TPSA) is 39.2 Å². The van der Waals surface area contributed by atoms with Crippen molar-refractivity contribution >= 4 is 11.6 Å². The van der Waals surface area contributed by atoms with Crippen LogP contribution < -0.4 is 5.73 Å². The largest absolute Gasteiger partial charge is 0.449 e. The van der Waals surface area contributed by atoms with Gasteiger partial charge in [0.2, 0.25) is 0 Å². The predicted octanol–water partition coefficient (Wildman–Crippen LogP) is 2.12. The molecule has 2 N–H and O–H groups in total. The Morgan fingerprint density at radius 1 is 1.73 bits per heavy atom. The van der Waals surface area contributed by atoms with Crippen molar-refractivity contribution in [1.82, 2.24) is 0 Å². The van der Waals surface area contributed by atoms with E-state index >= 15 is 0 Å². The highest BCUT2D eigenvalue weighted by Crippen LogP contribution is 2.37. The fourth-order valence-corrected chi connectivity index (χ4v) is 1.79. The Labute approximate surface area is 70.3 Å². The summed E-state index contributed by atoms with van der Waals surface area (Å²) >= 11 is 5.67. The fraction of sp³-hybridized carbons (Fsp3) is 0.500. The van der Waals surface area contributed by atoms with Crippen molar-refractivity contribution < 1.29 is 4.42 Å². The highest BCUT2D eigenvalue weighted by molar-refractivity contribution is 6.28.